The number of amides is 1. The first-order valence-corrected chi connectivity index (χ1v) is 13.3. The summed E-state index contributed by atoms with van der Waals surface area (Å²) in [6.45, 7) is 9.64. The zero-order valence-electron chi connectivity index (χ0n) is 22.2. The second kappa shape index (κ2) is 11.2. The number of likely N-dealkylation sites (N-methyl/N-ethyl adjacent to an activating group) is 1. The van der Waals surface area contributed by atoms with Crippen molar-refractivity contribution in [3.8, 4) is 5.75 Å². The third-order valence-corrected chi connectivity index (χ3v) is 7.74. The van der Waals surface area contributed by atoms with Crippen LogP contribution in [-0.2, 0) is 11.3 Å². The molecule has 0 unspecified atom stereocenters. The minimum Gasteiger partial charge on any atom is -0.497 e. The van der Waals surface area contributed by atoms with Crippen LogP contribution in [0.4, 0.5) is 0 Å². The molecule has 1 atom stereocenters. The average Bonchev–Trinajstić information content (AvgIpc) is 3.31. The van der Waals surface area contributed by atoms with E-state index in [2.05, 4.69) is 90.2 Å². The molecule has 5 nitrogen and oxygen atoms in total. The van der Waals surface area contributed by atoms with Crippen LogP contribution in [0.15, 0.2) is 79.0 Å². The van der Waals surface area contributed by atoms with Crippen LogP contribution in [0.1, 0.15) is 41.5 Å². The van der Waals surface area contributed by atoms with Crippen molar-refractivity contribution >= 4 is 16.8 Å². The number of nitrogens with zero attached hydrogens (tertiary/aromatic N) is 3. The monoisotopic (exact) mass is 495 g/mol. The molecule has 0 saturated carbocycles. The molecule has 1 amide bonds. The van der Waals surface area contributed by atoms with Gasteiger partial charge >= 0.3 is 0 Å². The summed E-state index contributed by atoms with van der Waals surface area (Å²) in [6.07, 6.45) is 2.72. The molecule has 0 aliphatic carbocycles. The van der Waals surface area contributed by atoms with Crippen LogP contribution in [0.5, 0.6) is 5.75 Å². The van der Waals surface area contributed by atoms with Gasteiger partial charge in [-0.2, -0.15) is 0 Å². The molecule has 4 aromatic rings. The van der Waals surface area contributed by atoms with Crippen molar-refractivity contribution in [2.45, 2.75) is 32.7 Å². The maximum absolute atomic E-state index is 13.6. The first-order chi connectivity index (χ1) is 18.1. The quantitative estimate of drug-likeness (QED) is 0.315. The second-order valence-electron chi connectivity index (χ2n) is 10.1. The molecule has 1 aliphatic rings. The van der Waals surface area contributed by atoms with Gasteiger partial charge in [0.05, 0.1) is 7.11 Å². The van der Waals surface area contributed by atoms with Gasteiger partial charge < -0.3 is 19.1 Å². The topological polar surface area (TPSA) is 37.7 Å². The fraction of sp³-hybridized carbons (Fsp3) is 0.344. The molecule has 2 heterocycles. The van der Waals surface area contributed by atoms with Gasteiger partial charge in [-0.3, -0.25) is 4.79 Å². The van der Waals surface area contributed by atoms with Crippen molar-refractivity contribution in [2.75, 3.05) is 39.8 Å². The number of carbonyl (C=O) groups is 1. The number of fused-ring (bicyclic) bond motifs is 1. The maximum atomic E-state index is 13.6. The van der Waals surface area contributed by atoms with E-state index in [-0.39, 0.29) is 11.8 Å². The molecular weight excluding hydrogens is 458 g/mol. The predicted molar refractivity (Wildman–Crippen MR) is 150 cm³/mol. The zero-order chi connectivity index (χ0) is 25.8. The highest BCUT2D eigenvalue weighted by molar-refractivity contribution is 5.87. The van der Waals surface area contributed by atoms with Crippen molar-refractivity contribution in [1.82, 2.24) is 14.4 Å². The van der Waals surface area contributed by atoms with Crippen molar-refractivity contribution in [3.05, 3.63) is 101 Å². The molecule has 192 valence electrons. The van der Waals surface area contributed by atoms with Crippen molar-refractivity contribution in [3.63, 3.8) is 0 Å². The summed E-state index contributed by atoms with van der Waals surface area (Å²) in [4.78, 5) is 18.1. The van der Waals surface area contributed by atoms with Crippen molar-refractivity contribution < 1.29 is 9.53 Å². The van der Waals surface area contributed by atoms with Crippen LogP contribution >= 0.6 is 0 Å². The van der Waals surface area contributed by atoms with E-state index in [1.807, 2.05) is 17.0 Å². The van der Waals surface area contributed by atoms with Crippen LogP contribution in [-0.4, -0.2) is 60.1 Å². The Balaban J connectivity index is 1.51. The number of rotatable bonds is 8. The van der Waals surface area contributed by atoms with Gasteiger partial charge in [0.2, 0.25) is 5.91 Å². The third-order valence-electron chi connectivity index (χ3n) is 7.74. The van der Waals surface area contributed by atoms with Gasteiger partial charge in [-0.15, -0.1) is 0 Å². The number of carbonyl (C=O) groups excluding carboxylic acids is 1. The van der Waals surface area contributed by atoms with Crippen LogP contribution in [0, 0.1) is 6.92 Å². The minimum absolute atomic E-state index is 0.0354. The molecule has 0 N–H and O–H groups in total. The largest absolute Gasteiger partial charge is 0.497 e. The van der Waals surface area contributed by atoms with Gasteiger partial charge in [-0.05, 0) is 48.4 Å². The van der Waals surface area contributed by atoms with E-state index in [1.54, 1.807) is 7.11 Å². The summed E-state index contributed by atoms with van der Waals surface area (Å²) in [5.41, 5.74) is 6.07. The molecule has 3 aromatic carbocycles. The Bertz CT molecular complexity index is 1330. The van der Waals surface area contributed by atoms with E-state index in [9.17, 15) is 4.79 Å². The molecule has 5 rings (SSSR count). The smallest absolute Gasteiger partial charge is 0.223 e. The molecular formula is C32H37N3O2. The summed E-state index contributed by atoms with van der Waals surface area (Å²) >= 11 is 0. The van der Waals surface area contributed by atoms with E-state index in [0.29, 0.717) is 6.42 Å². The van der Waals surface area contributed by atoms with E-state index in [0.717, 1.165) is 50.6 Å². The molecule has 1 fully saturated rings. The number of hydrogen-bond donors (Lipinski definition) is 0. The number of aromatic nitrogens is 1. The number of piperazine rings is 1. The van der Waals surface area contributed by atoms with Gasteiger partial charge in [-0.1, -0.05) is 67.1 Å². The number of benzene rings is 3. The number of aryl methyl sites for hydroxylation is 1. The molecule has 0 spiro atoms. The Morgan fingerprint density at radius 1 is 0.919 bits per heavy atom. The van der Waals surface area contributed by atoms with Gasteiger partial charge in [0.15, 0.2) is 0 Å². The van der Waals surface area contributed by atoms with Crippen molar-refractivity contribution in [1.29, 1.82) is 0 Å². The summed E-state index contributed by atoms with van der Waals surface area (Å²) in [5.74, 6) is 1.02. The zero-order valence-corrected chi connectivity index (χ0v) is 22.2. The predicted octanol–water partition coefficient (Wildman–Crippen LogP) is 5.69. The van der Waals surface area contributed by atoms with Crippen molar-refractivity contribution in [2.24, 2.45) is 0 Å². The Hall–Kier alpha value is -3.57. The first-order valence-electron chi connectivity index (χ1n) is 13.3. The number of para-hydroxylation sites is 1. The van der Waals surface area contributed by atoms with Crippen LogP contribution < -0.4 is 4.74 Å². The fourth-order valence-electron chi connectivity index (χ4n) is 5.43. The summed E-state index contributed by atoms with van der Waals surface area (Å²) in [5, 5.41) is 1.21. The third kappa shape index (κ3) is 5.57. The molecule has 1 saturated heterocycles. The second-order valence-corrected chi connectivity index (χ2v) is 10.1. The molecule has 37 heavy (non-hydrogen) atoms. The standard InChI is InChI=1S/C32H37N3O2/c1-4-33-17-19-34(20-18-33)32(36)21-29(26-13-15-27(37-3)16-14-26)30-23-35(31-8-6-5-7-28(30)31)22-25-11-9-24(2)10-12-25/h5-16,23,29H,4,17-22H2,1-3H3/t29-/m1/s1. The highest BCUT2D eigenvalue weighted by Gasteiger charge is 2.27. The molecule has 1 aromatic heterocycles. The minimum atomic E-state index is -0.0354. The highest BCUT2D eigenvalue weighted by atomic mass is 16.5. The lowest BCUT2D eigenvalue weighted by molar-refractivity contribution is -0.133. The van der Waals surface area contributed by atoms with E-state index in [1.165, 1.54) is 27.6 Å². The molecule has 0 radical (unpaired) electrons. The van der Waals surface area contributed by atoms with Crippen LogP contribution in [0.3, 0.4) is 0 Å². The lowest BCUT2D eigenvalue weighted by atomic mass is 9.87. The highest BCUT2D eigenvalue weighted by Crippen LogP contribution is 2.36. The average molecular weight is 496 g/mol. The number of ether oxygens (including phenoxy) is 1. The SMILES string of the molecule is CCN1CCN(C(=O)C[C@H](c2ccc(OC)cc2)c2cn(Cc3ccc(C)cc3)c3ccccc23)CC1. The summed E-state index contributed by atoms with van der Waals surface area (Å²) in [6, 6.07) is 25.5. The van der Waals surface area contributed by atoms with Gasteiger partial charge in [-0.25, -0.2) is 0 Å². The van der Waals surface area contributed by atoms with E-state index < -0.39 is 0 Å². The molecule has 5 heteroatoms. The Labute approximate surface area is 220 Å². The van der Waals surface area contributed by atoms with Crippen LogP contribution in [0.2, 0.25) is 0 Å². The molecule has 0 bridgehead atoms. The van der Waals surface area contributed by atoms with Gasteiger partial charge in [0.1, 0.15) is 5.75 Å². The Morgan fingerprint density at radius 2 is 1.62 bits per heavy atom. The summed E-state index contributed by atoms with van der Waals surface area (Å²) < 4.78 is 7.75. The maximum Gasteiger partial charge on any atom is 0.223 e. The van der Waals surface area contributed by atoms with Gasteiger partial charge in [0.25, 0.3) is 0 Å². The van der Waals surface area contributed by atoms with Gasteiger partial charge in [0, 0.05) is 62.2 Å². The Kier molecular flexibility index (Phi) is 7.61. The van der Waals surface area contributed by atoms with E-state index >= 15 is 0 Å². The first kappa shape index (κ1) is 25.1. The lowest BCUT2D eigenvalue weighted by Gasteiger charge is -2.34. The normalized spacial score (nSPS) is 15.2. The van der Waals surface area contributed by atoms with Crippen LogP contribution in [0.25, 0.3) is 10.9 Å². The number of hydrogen-bond acceptors (Lipinski definition) is 3. The fourth-order valence-corrected chi connectivity index (χ4v) is 5.43. The lowest BCUT2D eigenvalue weighted by Crippen LogP contribution is -2.48. The molecule has 1 aliphatic heterocycles. The summed E-state index contributed by atoms with van der Waals surface area (Å²) in [7, 11) is 1.69. The number of methoxy groups -OCH3 is 1. The Morgan fingerprint density at radius 3 is 2.30 bits per heavy atom. The van der Waals surface area contributed by atoms with E-state index in [4.69, 9.17) is 4.74 Å².